The Morgan fingerprint density at radius 3 is 2.46 bits per heavy atom. The molecule has 0 aliphatic carbocycles. The van der Waals surface area contributed by atoms with Crippen LogP contribution in [0.25, 0.3) is 0 Å². The monoisotopic (exact) mass is 191 g/mol. The predicted molar refractivity (Wildman–Crippen MR) is 52.0 cm³/mol. The van der Waals surface area contributed by atoms with E-state index in [1.807, 2.05) is 6.92 Å². The lowest BCUT2D eigenvalue weighted by molar-refractivity contribution is 0.0771. The molecular formula is C9H21NO3. The fourth-order valence-electron chi connectivity index (χ4n) is 0.992. The Morgan fingerprint density at radius 2 is 1.92 bits per heavy atom. The molecule has 1 unspecified atom stereocenters. The van der Waals surface area contributed by atoms with Gasteiger partial charge in [0, 0.05) is 27.4 Å². The van der Waals surface area contributed by atoms with E-state index in [0.717, 1.165) is 13.2 Å². The van der Waals surface area contributed by atoms with Crippen molar-refractivity contribution in [1.82, 2.24) is 5.32 Å². The summed E-state index contributed by atoms with van der Waals surface area (Å²) in [5, 5.41) is 3.28. The second kappa shape index (κ2) is 9.92. The van der Waals surface area contributed by atoms with E-state index in [9.17, 15) is 0 Å². The molecule has 0 aromatic heterocycles. The van der Waals surface area contributed by atoms with Crippen molar-refractivity contribution in [2.75, 3.05) is 47.2 Å². The summed E-state index contributed by atoms with van der Waals surface area (Å²) in [4.78, 5) is 0. The van der Waals surface area contributed by atoms with E-state index in [1.165, 1.54) is 0 Å². The first kappa shape index (κ1) is 12.8. The Bertz CT molecular complexity index is 101. The topological polar surface area (TPSA) is 39.7 Å². The number of hydrogen-bond donors (Lipinski definition) is 1. The predicted octanol–water partition coefficient (Wildman–Crippen LogP) is 0.274. The second-order valence-corrected chi connectivity index (χ2v) is 2.76. The molecule has 0 aliphatic rings. The van der Waals surface area contributed by atoms with Crippen LogP contribution in [0.5, 0.6) is 0 Å². The quantitative estimate of drug-likeness (QED) is 0.531. The normalized spacial score (nSPS) is 13.2. The summed E-state index contributed by atoms with van der Waals surface area (Å²) in [6.45, 7) is 5.63. The Kier molecular flexibility index (Phi) is 9.80. The van der Waals surface area contributed by atoms with Gasteiger partial charge in [-0.25, -0.2) is 0 Å². The molecule has 4 heteroatoms. The molecule has 0 saturated heterocycles. The zero-order chi connectivity index (χ0) is 9.94. The lowest BCUT2D eigenvalue weighted by Crippen LogP contribution is -2.39. The van der Waals surface area contributed by atoms with Crippen LogP contribution in [0.2, 0.25) is 0 Å². The Hall–Kier alpha value is -0.160. The zero-order valence-electron chi connectivity index (χ0n) is 8.84. The summed E-state index contributed by atoms with van der Waals surface area (Å²) in [5.41, 5.74) is 0. The number of ether oxygens (including phenoxy) is 3. The number of rotatable bonds is 9. The second-order valence-electron chi connectivity index (χ2n) is 2.76. The van der Waals surface area contributed by atoms with Crippen molar-refractivity contribution < 1.29 is 14.2 Å². The maximum atomic E-state index is 5.30. The van der Waals surface area contributed by atoms with Crippen LogP contribution in [-0.2, 0) is 14.2 Å². The minimum Gasteiger partial charge on any atom is -0.383 e. The summed E-state index contributed by atoms with van der Waals surface area (Å²) in [7, 11) is 3.38. The van der Waals surface area contributed by atoms with Crippen LogP contribution in [0.3, 0.4) is 0 Å². The van der Waals surface area contributed by atoms with Gasteiger partial charge < -0.3 is 19.5 Å². The molecule has 0 heterocycles. The van der Waals surface area contributed by atoms with Crippen molar-refractivity contribution in [1.29, 1.82) is 0 Å². The Balaban J connectivity index is 3.41. The van der Waals surface area contributed by atoms with Crippen LogP contribution in [0.4, 0.5) is 0 Å². The molecule has 1 atom stereocenters. The first-order valence-electron chi connectivity index (χ1n) is 4.64. The summed E-state index contributed by atoms with van der Waals surface area (Å²) < 4.78 is 15.3. The highest BCUT2D eigenvalue weighted by molar-refractivity contribution is 4.64. The first-order valence-corrected chi connectivity index (χ1v) is 4.64. The first-order chi connectivity index (χ1) is 6.35. The smallest absolute Gasteiger partial charge is 0.0642 e. The van der Waals surface area contributed by atoms with Crippen LogP contribution < -0.4 is 5.32 Å². The highest BCUT2D eigenvalue weighted by Crippen LogP contribution is 1.87. The molecule has 0 aromatic carbocycles. The molecule has 1 N–H and O–H groups in total. The average molecular weight is 191 g/mol. The Labute approximate surface area is 80.5 Å². The molecule has 80 valence electrons. The molecule has 0 rings (SSSR count). The van der Waals surface area contributed by atoms with Gasteiger partial charge >= 0.3 is 0 Å². The summed E-state index contributed by atoms with van der Waals surface area (Å²) >= 11 is 0. The van der Waals surface area contributed by atoms with Gasteiger partial charge in [-0.1, -0.05) is 0 Å². The molecule has 0 spiro atoms. The van der Waals surface area contributed by atoms with Gasteiger partial charge in [0.25, 0.3) is 0 Å². The van der Waals surface area contributed by atoms with Crippen LogP contribution in [0.15, 0.2) is 0 Å². The number of hydrogen-bond acceptors (Lipinski definition) is 4. The van der Waals surface area contributed by atoms with Crippen LogP contribution in [0, 0.1) is 0 Å². The number of nitrogens with one attached hydrogen (secondary N) is 1. The molecule has 4 nitrogen and oxygen atoms in total. The summed E-state index contributed by atoms with van der Waals surface area (Å²) in [5.74, 6) is 0. The van der Waals surface area contributed by atoms with Crippen molar-refractivity contribution in [3.05, 3.63) is 0 Å². The molecular weight excluding hydrogens is 170 g/mol. The van der Waals surface area contributed by atoms with Crippen LogP contribution in [0.1, 0.15) is 6.92 Å². The van der Waals surface area contributed by atoms with Crippen LogP contribution >= 0.6 is 0 Å². The standard InChI is InChI=1S/C9H21NO3/c1-4-13-8-9(7-12-3)10-5-6-11-2/h9-10H,4-8H2,1-3H3. The van der Waals surface area contributed by atoms with E-state index in [2.05, 4.69) is 5.32 Å². The van der Waals surface area contributed by atoms with Gasteiger partial charge in [-0.15, -0.1) is 0 Å². The molecule has 0 aliphatic heterocycles. The van der Waals surface area contributed by atoms with Gasteiger partial charge in [0.2, 0.25) is 0 Å². The molecule has 0 fully saturated rings. The van der Waals surface area contributed by atoms with E-state index >= 15 is 0 Å². The van der Waals surface area contributed by atoms with E-state index in [0.29, 0.717) is 19.8 Å². The van der Waals surface area contributed by atoms with Crippen molar-refractivity contribution in [3.8, 4) is 0 Å². The lowest BCUT2D eigenvalue weighted by atomic mass is 10.3. The maximum Gasteiger partial charge on any atom is 0.0642 e. The zero-order valence-corrected chi connectivity index (χ0v) is 8.84. The maximum absolute atomic E-state index is 5.30. The molecule has 13 heavy (non-hydrogen) atoms. The SMILES string of the molecule is CCOCC(COC)NCCOC. The molecule has 0 bridgehead atoms. The highest BCUT2D eigenvalue weighted by Gasteiger charge is 2.06. The van der Waals surface area contributed by atoms with Crippen molar-refractivity contribution in [3.63, 3.8) is 0 Å². The fourth-order valence-corrected chi connectivity index (χ4v) is 0.992. The fraction of sp³-hybridized carbons (Fsp3) is 1.00. The van der Waals surface area contributed by atoms with Gasteiger partial charge in [-0.3, -0.25) is 0 Å². The third-order valence-corrected chi connectivity index (χ3v) is 1.63. The summed E-state index contributed by atoms with van der Waals surface area (Å²) in [6.07, 6.45) is 0. The summed E-state index contributed by atoms with van der Waals surface area (Å²) in [6, 6.07) is 0.264. The van der Waals surface area contributed by atoms with E-state index in [4.69, 9.17) is 14.2 Å². The van der Waals surface area contributed by atoms with Gasteiger partial charge in [0.1, 0.15) is 0 Å². The highest BCUT2D eigenvalue weighted by atomic mass is 16.5. The largest absolute Gasteiger partial charge is 0.383 e. The minimum absolute atomic E-state index is 0.264. The van der Waals surface area contributed by atoms with Crippen LogP contribution in [-0.4, -0.2) is 53.2 Å². The van der Waals surface area contributed by atoms with Gasteiger partial charge in [-0.05, 0) is 6.92 Å². The lowest BCUT2D eigenvalue weighted by Gasteiger charge is -2.17. The van der Waals surface area contributed by atoms with E-state index < -0.39 is 0 Å². The van der Waals surface area contributed by atoms with E-state index in [-0.39, 0.29) is 6.04 Å². The van der Waals surface area contributed by atoms with Gasteiger partial charge in [-0.2, -0.15) is 0 Å². The molecule has 0 amide bonds. The van der Waals surface area contributed by atoms with Crippen molar-refractivity contribution >= 4 is 0 Å². The average Bonchev–Trinajstić information content (AvgIpc) is 2.14. The molecule has 0 aromatic rings. The minimum atomic E-state index is 0.264. The van der Waals surface area contributed by atoms with E-state index in [1.54, 1.807) is 14.2 Å². The third kappa shape index (κ3) is 8.18. The molecule has 0 radical (unpaired) electrons. The van der Waals surface area contributed by atoms with Crippen molar-refractivity contribution in [2.45, 2.75) is 13.0 Å². The van der Waals surface area contributed by atoms with Gasteiger partial charge in [0.05, 0.1) is 25.9 Å². The molecule has 0 saturated carbocycles. The van der Waals surface area contributed by atoms with Gasteiger partial charge in [0.15, 0.2) is 0 Å². The Morgan fingerprint density at radius 1 is 1.15 bits per heavy atom. The third-order valence-electron chi connectivity index (χ3n) is 1.63. The number of methoxy groups -OCH3 is 2. The van der Waals surface area contributed by atoms with Crippen molar-refractivity contribution in [2.24, 2.45) is 0 Å².